The van der Waals surface area contributed by atoms with E-state index in [1.807, 2.05) is 0 Å². The van der Waals surface area contributed by atoms with Crippen LogP contribution in [-0.2, 0) is 29.6 Å². The van der Waals surface area contributed by atoms with Crippen LogP contribution in [0.15, 0.2) is 23.0 Å². The number of fused-ring (bicyclic) bond motifs is 3. The molecule has 0 saturated carbocycles. The molecule has 6 nitrogen and oxygen atoms in total. The Hall–Kier alpha value is -2.53. The van der Waals surface area contributed by atoms with E-state index in [1.165, 1.54) is 28.8 Å². The van der Waals surface area contributed by atoms with Crippen molar-refractivity contribution >= 4 is 50.6 Å². The Balaban J connectivity index is 1.34. The summed E-state index contributed by atoms with van der Waals surface area (Å²) in [5, 5.41) is 3.07. The third-order valence-corrected chi connectivity index (χ3v) is 7.59. The van der Waals surface area contributed by atoms with Crippen molar-refractivity contribution in [3.05, 3.63) is 50.4 Å². The minimum absolute atomic E-state index is 0.0389. The normalized spacial score (nSPS) is 13.4. The van der Waals surface area contributed by atoms with E-state index in [-0.39, 0.29) is 17.7 Å². The van der Waals surface area contributed by atoms with Crippen LogP contribution in [0.4, 0.5) is 24.5 Å². The maximum absolute atomic E-state index is 13.4. The molecule has 0 saturated heterocycles. The van der Waals surface area contributed by atoms with Crippen molar-refractivity contribution in [1.82, 2.24) is 9.97 Å². The molecule has 1 amide bonds. The smallest absolute Gasteiger partial charge is 0.378 e. The second-order valence-corrected chi connectivity index (χ2v) is 10.2. The lowest BCUT2D eigenvalue weighted by Gasteiger charge is -2.18. The molecule has 0 radical (unpaired) electrons. The van der Waals surface area contributed by atoms with Gasteiger partial charge in [0.15, 0.2) is 0 Å². The first kappa shape index (κ1) is 23.6. The molecule has 1 aliphatic carbocycles. The number of carbonyl (C=O) groups is 1. The summed E-state index contributed by atoms with van der Waals surface area (Å²) in [6, 6.07) is 3.81. The third kappa shape index (κ3) is 5.19. The lowest BCUT2D eigenvalue weighted by molar-refractivity contribution is -0.136. The van der Waals surface area contributed by atoms with Crippen LogP contribution in [0.2, 0.25) is 0 Å². The predicted molar refractivity (Wildman–Crippen MR) is 127 cm³/mol. The van der Waals surface area contributed by atoms with Crippen molar-refractivity contribution in [2.75, 3.05) is 30.1 Å². The Kier molecular flexibility index (Phi) is 6.71. The van der Waals surface area contributed by atoms with Gasteiger partial charge in [0.1, 0.15) is 10.7 Å². The van der Waals surface area contributed by atoms with Gasteiger partial charge >= 0.3 is 6.18 Å². The number of thioether (sulfide) groups is 1. The first-order valence-electron chi connectivity index (χ1n) is 10.4. The Morgan fingerprint density at radius 1 is 1.30 bits per heavy atom. The standard InChI is InChI=1S/C22H23F3N4O2S2/c1-29(2)12-6-7-15(14(10-12)22(23,24)25)26-18(30)8-9-32-11-17-27-20(31)19-13-4-3-5-16(13)33-21(19)28-17/h6-7,10H,3-5,8-9,11H2,1-2H3,(H,26,30)(H,27,28,31). The highest BCUT2D eigenvalue weighted by molar-refractivity contribution is 7.98. The van der Waals surface area contributed by atoms with Crippen LogP contribution in [-0.4, -0.2) is 35.7 Å². The number of benzene rings is 1. The highest BCUT2D eigenvalue weighted by atomic mass is 32.2. The summed E-state index contributed by atoms with van der Waals surface area (Å²) in [4.78, 5) is 35.7. The van der Waals surface area contributed by atoms with Crippen molar-refractivity contribution < 1.29 is 18.0 Å². The van der Waals surface area contributed by atoms with Crippen LogP contribution in [0.5, 0.6) is 0 Å². The number of nitrogens with one attached hydrogen (secondary N) is 2. The van der Waals surface area contributed by atoms with Gasteiger partial charge in [0.25, 0.3) is 5.56 Å². The van der Waals surface area contributed by atoms with Gasteiger partial charge in [-0.3, -0.25) is 9.59 Å². The van der Waals surface area contributed by atoms with E-state index in [2.05, 4.69) is 15.3 Å². The van der Waals surface area contributed by atoms with Gasteiger partial charge in [0, 0.05) is 36.8 Å². The minimum Gasteiger partial charge on any atom is -0.378 e. The predicted octanol–water partition coefficient (Wildman–Crippen LogP) is 4.82. The highest BCUT2D eigenvalue weighted by Gasteiger charge is 2.34. The molecule has 11 heteroatoms. The second-order valence-electron chi connectivity index (χ2n) is 8.02. The van der Waals surface area contributed by atoms with Gasteiger partial charge in [-0.05, 0) is 43.0 Å². The molecule has 2 heterocycles. The zero-order chi connectivity index (χ0) is 23.8. The summed E-state index contributed by atoms with van der Waals surface area (Å²) in [6.45, 7) is 0. The number of amides is 1. The number of carbonyl (C=O) groups excluding carboxylic acids is 1. The van der Waals surface area contributed by atoms with Crippen LogP contribution in [0.1, 0.15) is 34.7 Å². The molecule has 33 heavy (non-hydrogen) atoms. The minimum atomic E-state index is -4.58. The number of aromatic nitrogens is 2. The van der Waals surface area contributed by atoms with Crippen molar-refractivity contribution in [2.45, 2.75) is 37.6 Å². The van der Waals surface area contributed by atoms with Crippen LogP contribution in [0.3, 0.4) is 0 Å². The van der Waals surface area contributed by atoms with E-state index in [1.54, 1.807) is 30.3 Å². The van der Waals surface area contributed by atoms with Gasteiger partial charge in [0.2, 0.25) is 5.91 Å². The molecule has 0 aliphatic heterocycles. The van der Waals surface area contributed by atoms with Gasteiger partial charge < -0.3 is 15.2 Å². The molecule has 0 bridgehead atoms. The number of anilines is 2. The van der Waals surface area contributed by atoms with Gasteiger partial charge in [-0.1, -0.05) is 0 Å². The summed E-state index contributed by atoms with van der Waals surface area (Å²) in [7, 11) is 3.30. The number of hydrogen-bond acceptors (Lipinski definition) is 6. The molecule has 4 rings (SSSR count). The fourth-order valence-corrected chi connectivity index (χ4v) is 5.90. The Bertz CT molecular complexity index is 1250. The number of aryl methyl sites for hydroxylation is 2. The van der Waals surface area contributed by atoms with Crippen molar-refractivity contribution in [3.63, 3.8) is 0 Å². The van der Waals surface area contributed by atoms with E-state index in [9.17, 15) is 22.8 Å². The van der Waals surface area contributed by atoms with Gasteiger partial charge in [-0.2, -0.15) is 24.9 Å². The van der Waals surface area contributed by atoms with Crippen molar-refractivity contribution in [2.24, 2.45) is 0 Å². The van der Waals surface area contributed by atoms with Gasteiger partial charge in [-0.15, -0.1) is 11.3 Å². The summed E-state index contributed by atoms with van der Waals surface area (Å²) in [5.74, 6) is 0.825. The molecule has 2 N–H and O–H groups in total. The Morgan fingerprint density at radius 3 is 2.82 bits per heavy atom. The molecule has 0 fully saturated rings. The molecule has 0 unspecified atom stereocenters. The van der Waals surface area contributed by atoms with Crippen LogP contribution >= 0.6 is 23.1 Å². The molecule has 0 spiro atoms. The molecular weight excluding hydrogens is 473 g/mol. The summed E-state index contributed by atoms with van der Waals surface area (Å²) < 4.78 is 40.3. The fraction of sp³-hybridized carbons (Fsp3) is 0.409. The number of hydrogen-bond donors (Lipinski definition) is 2. The van der Waals surface area contributed by atoms with Gasteiger partial charge in [-0.25, -0.2) is 4.98 Å². The maximum atomic E-state index is 13.4. The van der Waals surface area contributed by atoms with Gasteiger partial charge in [0.05, 0.1) is 22.4 Å². The van der Waals surface area contributed by atoms with E-state index in [0.29, 0.717) is 28.4 Å². The van der Waals surface area contributed by atoms with E-state index in [0.717, 1.165) is 35.7 Å². The number of alkyl halides is 3. The van der Waals surface area contributed by atoms with E-state index in [4.69, 9.17) is 0 Å². The zero-order valence-corrected chi connectivity index (χ0v) is 19.8. The van der Waals surface area contributed by atoms with Crippen molar-refractivity contribution in [1.29, 1.82) is 0 Å². The molecule has 2 aromatic heterocycles. The third-order valence-electron chi connectivity index (χ3n) is 5.44. The molecule has 3 aromatic rings. The quantitative estimate of drug-likeness (QED) is 0.459. The molecule has 1 aromatic carbocycles. The second kappa shape index (κ2) is 9.38. The molecule has 1 aliphatic rings. The largest absolute Gasteiger partial charge is 0.418 e. The van der Waals surface area contributed by atoms with Crippen LogP contribution in [0, 0.1) is 0 Å². The van der Waals surface area contributed by atoms with E-state index < -0.39 is 17.6 Å². The highest BCUT2D eigenvalue weighted by Crippen LogP contribution is 2.37. The number of nitrogens with zero attached hydrogens (tertiary/aromatic N) is 2. The number of halogens is 3. The van der Waals surface area contributed by atoms with Crippen LogP contribution < -0.4 is 15.8 Å². The average Bonchev–Trinajstić information content (AvgIpc) is 3.31. The van der Waals surface area contributed by atoms with E-state index >= 15 is 0 Å². The topological polar surface area (TPSA) is 78.1 Å². The molecule has 0 atom stereocenters. The number of aromatic amines is 1. The Morgan fingerprint density at radius 2 is 2.09 bits per heavy atom. The lowest BCUT2D eigenvalue weighted by Crippen LogP contribution is -2.18. The maximum Gasteiger partial charge on any atom is 0.418 e. The van der Waals surface area contributed by atoms with Crippen LogP contribution in [0.25, 0.3) is 10.2 Å². The monoisotopic (exact) mass is 496 g/mol. The summed E-state index contributed by atoms with van der Waals surface area (Å²) >= 11 is 2.96. The average molecular weight is 497 g/mol. The number of rotatable bonds is 7. The lowest BCUT2D eigenvalue weighted by atomic mass is 10.1. The number of H-pyrrole nitrogens is 1. The Labute approximate surface area is 196 Å². The van der Waals surface area contributed by atoms with Crippen molar-refractivity contribution in [3.8, 4) is 0 Å². The molecule has 176 valence electrons. The fourth-order valence-electron chi connectivity index (χ4n) is 3.82. The SMILES string of the molecule is CN(C)c1ccc(NC(=O)CCSCc2nc3sc4c(c3c(=O)[nH]2)CCC4)c(C(F)(F)F)c1. The number of thiophene rings is 1. The summed E-state index contributed by atoms with van der Waals surface area (Å²) in [6.07, 6.45) is -1.57. The molecular formula is C22H23F3N4O2S2. The first-order chi connectivity index (χ1) is 15.6. The summed E-state index contributed by atoms with van der Waals surface area (Å²) in [5.41, 5.74) is 0.244. The zero-order valence-electron chi connectivity index (χ0n) is 18.1. The first-order valence-corrected chi connectivity index (χ1v) is 12.4.